The molecular formula is C40H44ClFN6O8S2. The molecule has 0 spiro atoms. The van der Waals surface area contributed by atoms with Gasteiger partial charge in [0, 0.05) is 45.1 Å². The summed E-state index contributed by atoms with van der Waals surface area (Å²) in [6, 6.07) is 7.51. The van der Waals surface area contributed by atoms with E-state index in [0.717, 1.165) is 0 Å². The molecule has 7 rings (SSSR count). The molecule has 0 unspecified atom stereocenters. The van der Waals surface area contributed by atoms with Crippen LogP contribution in [0.1, 0.15) is 46.5 Å². The molecule has 3 N–H and O–H groups in total. The van der Waals surface area contributed by atoms with E-state index in [1.54, 1.807) is 35.7 Å². The SMILES string of the molecule is C=C[C@@H]1C[C@]1(NC(=O)[C@@H]1C[C@@H](Oc2ncc(OC)c3ccc(Cl)cc23)CN1C(=O)[C@@H](Nc1nc(-c2ccc(OC)cc2F)cs1)C(C)(C)C)C(=O)NS(=O)(=O)C1CC1. The van der Waals surface area contributed by atoms with Crippen LogP contribution in [0.3, 0.4) is 0 Å². The van der Waals surface area contributed by atoms with E-state index in [9.17, 15) is 27.2 Å². The van der Waals surface area contributed by atoms with Gasteiger partial charge < -0.3 is 29.7 Å². The number of methoxy groups -OCH3 is 2. The number of halogens is 2. The van der Waals surface area contributed by atoms with Crippen molar-refractivity contribution in [3.63, 3.8) is 0 Å². The number of aromatic nitrogens is 2. The van der Waals surface area contributed by atoms with Crippen molar-refractivity contribution in [3.8, 4) is 28.6 Å². The summed E-state index contributed by atoms with van der Waals surface area (Å²) < 4.78 is 59.8. The number of ether oxygens (including phenoxy) is 3. The minimum absolute atomic E-state index is 0.000815. The van der Waals surface area contributed by atoms with E-state index in [0.29, 0.717) is 51.0 Å². The summed E-state index contributed by atoms with van der Waals surface area (Å²) in [7, 11) is -0.960. The van der Waals surface area contributed by atoms with Crippen LogP contribution in [0.25, 0.3) is 22.0 Å². The summed E-state index contributed by atoms with van der Waals surface area (Å²) >= 11 is 7.56. The van der Waals surface area contributed by atoms with Crippen LogP contribution in [0.4, 0.5) is 9.52 Å². The molecule has 3 heterocycles. The van der Waals surface area contributed by atoms with E-state index in [2.05, 4.69) is 31.9 Å². The van der Waals surface area contributed by atoms with Crippen LogP contribution in [0.15, 0.2) is 60.6 Å². The Morgan fingerprint density at radius 1 is 1.12 bits per heavy atom. The molecule has 3 amide bonds. The zero-order valence-corrected chi connectivity index (χ0v) is 34.9. The normalized spacial score (nSPS) is 22.2. The number of hydrogen-bond donors (Lipinski definition) is 3. The zero-order chi connectivity index (χ0) is 41.7. The second-order valence-electron chi connectivity index (χ2n) is 15.8. The van der Waals surface area contributed by atoms with Crippen molar-refractivity contribution < 1.29 is 41.4 Å². The minimum Gasteiger partial charge on any atom is -0.497 e. The highest BCUT2D eigenvalue weighted by molar-refractivity contribution is 7.91. The molecule has 2 aliphatic carbocycles. The Kier molecular flexibility index (Phi) is 11.1. The molecule has 1 saturated heterocycles. The number of sulfonamides is 1. The molecule has 4 aromatic rings. The highest BCUT2D eigenvalue weighted by atomic mass is 35.5. The molecule has 2 aromatic carbocycles. The van der Waals surface area contributed by atoms with Crippen molar-refractivity contribution in [1.82, 2.24) is 24.9 Å². The maximum atomic E-state index is 15.0. The largest absolute Gasteiger partial charge is 0.497 e. The number of fused-ring (bicyclic) bond motifs is 1. The number of likely N-dealkylation sites (tertiary alicyclic amines) is 1. The molecule has 308 valence electrons. The van der Waals surface area contributed by atoms with Gasteiger partial charge >= 0.3 is 0 Å². The number of anilines is 1. The van der Waals surface area contributed by atoms with Crippen molar-refractivity contribution >= 4 is 66.6 Å². The van der Waals surface area contributed by atoms with Gasteiger partial charge in [-0.05, 0) is 55.0 Å². The summed E-state index contributed by atoms with van der Waals surface area (Å²) in [5.41, 5.74) is -1.72. The third kappa shape index (κ3) is 8.16. The van der Waals surface area contributed by atoms with Crippen LogP contribution in [0.2, 0.25) is 5.02 Å². The van der Waals surface area contributed by atoms with Gasteiger partial charge in [-0.3, -0.25) is 19.1 Å². The van der Waals surface area contributed by atoms with Crippen molar-refractivity contribution in [1.29, 1.82) is 0 Å². The molecule has 3 fully saturated rings. The number of rotatable bonds is 14. The van der Waals surface area contributed by atoms with Gasteiger partial charge in [0.25, 0.3) is 5.91 Å². The standard InChI is InChI=1S/C40H44ClFN6O8S2/c1-7-21-17-40(21,37(51)47-58(52,53)25-10-11-25)46-34(49)31-16-24(56-35-28-14-22(41)8-12-26(28)32(55-6)18-43-35)19-48(31)36(50)33(39(2,3)4)45-38-44-30(20-57-38)27-13-9-23(54-5)15-29(27)42/h7-9,12-15,18,20-21,24-25,31,33H,1,10-11,16-17,19H2,2-6H3,(H,44,45)(H,46,49)(H,47,51)/t21-,24-,31+,33-,40-/m1/s1. The van der Waals surface area contributed by atoms with Crippen LogP contribution in [-0.2, 0) is 24.4 Å². The number of hydrogen-bond acceptors (Lipinski definition) is 12. The molecule has 58 heavy (non-hydrogen) atoms. The Hall–Kier alpha value is -5.00. The fourth-order valence-electron chi connectivity index (χ4n) is 7.21. The number of pyridine rings is 1. The van der Waals surface area contributed by atoms with Crippen molar-refractivity contribution in [2.24, 2.45) is 11.3 Å². The molecule has 2 aromatic heterocycles. The van der Waals surface area contributed by atoms with Gasteiger partial charge in [-0.2, -0.15) is 0 Å². The van der Waals surface area contributed by atoms with Gasteiger partial charge in [-0.15, -0.1) is 17.9 Å². The summed E-state index contributed by atoms with van der Waals surface area (Å²) in [5, 5.41) is 9.09. The molecule has 18 heteroatoms. The number of nitrogens with zero attached hydrogens (tertiary/aromatic N) is 3. The number of carbonyl (C=O) groups excluding carboxylic acids is 3. The van der Waals surface area contributed by atoms with Gasteiger partial charge in [0.2, 0.25) is 27.7 Å². The summed E-state index contributed by atoms with van der Waals surface area (Å²) in [6.45, 7) is 9.30. The highest BCUT2D eigenvalue weighted by Crippen LogP contribution is 2.46. The van der Waals surface area contributed by atoms with Gasteiger partial charge in [-0.25, -0.2) is 22.8 Å². The third-order valence-corrected chi connectivity index (χ3v) is 13.5. The van der Waals surface area contributed by atoms with E-state index in [4.69, 9.17) is 25.8 Å². The fraction of sp³-hybridized carbons (Fsp3) is 0.425. The molecule has 14 nitrogen and oxygen atoms in total. The lowest BCUT2D eigenvalue weighted by molar-refractivity contribution is -0.141. The Morgan fingerprint density at radius 3 is 2.52 bits per heavy atom. The second-order valence-corrected chi connectivity index (χ2v) is 19.1. The fourth-order valence-corrected chi connectivity index (χ4v) is 9.48. The summed E-state index contributed by atoms with van der Waals surface area (Å²) in [5.74, 6) is -1.99. The lowest BCUT2D eigenvalue weighted by Crippen LogP contribution is -2.58. The van der Waals surface area contributed by atoms with E-state index >= 15 is 0 Å². The van der Waals surface area contributed by atoms with Crippen molar-refractivity contribution in [3.05, 3.63) is 71.5 Å². The predicted molar refractivity (Wildman–Crippen MR) is 218 cm³/mol. The Labute approximate surface area is 344 Å². The average Bonchev–Trinajstić information content (AvgIpc) is 4.07. The topological polar surface area (TPSA) is 178 Å². The maximum absolute atomic E-state index is 15.0. The molecule has 2 saturated carbocycles. The molecule has 0 bridgehead atoms. The highest BCUT2D eigenvalue weighted by Gasteiger charge is 2.62. The van der Waals surface area contributed by atoms with Crippen LogP contribution in [0, 0.1) is 17.2 Å². The van der Waals surface area contributed by atoms with Gasteiger partial charge in [0.05, 0.1) is 37.9 Å². The third-order valence-electron chi connectivity index (χ3n) is 10.7. The van der Waals surface area contributed by atoms with E-state index in [1.807, 2.05) is 20.8 Å². The van der Waals surface area contributed by atoms with E-state index in [-0.39, 0.29) is 30.8 Å². The zero-order valence-electron chi connectivity index (χ0n) is 32.5. The van der Waals surface area contributed by atoms with Gasteiger partial charge in [-0.1, -0.05) is 38.4 Å². The lowest BCUT2D eigenvalue weighted by Gasteiger charge is -2.35. The Balaban J connectivity index is 1.19. The van der Waals surface area contributed by atoms with Gasteiger partial charge in [0.15, 0.2) is 5.13 Å². The maximum Gasteiger partial charge on any atom is 0.259 e. The number of amides is 3. The molecule has 3 aliphatic rings. The summed E-state index contributed by atoms with van der Waals surface area (Å²) in [4.78, 5) is 53.4. The molecule has 0 radical (unpaired) electrons. The minimum atomic E-state index is -3.92. The average molecular weight is 855 g/mol. The number of thiazole rings is 1. The van der Waals surface area contributed by atoms with Crippen molar-refractivity contribution in [2.75, 3.05) is 26.1 Å². The first-order valence-electron chi connectivity index (χ1n) is 18.6. The second kappa shape index (κ2) is 15.6. The van der Waals surface area contributed by atoms with Crippen LogP contribution in [0.5, 0.6) is 17.4 Å². The van der Waals surface area contributed by atoms with Crippen LogP contribution >= 0.6 is 22.9 Å². The van der Waals surface area contributed by atoms with E-state index in [1.165, 1.54) is 48.8 Å². The first-order valence-corrected chi connectivity index (χ1v) is 21.4. The number of carbonyl (C=O) groups is 3. The molecular weight excluding hydrogens is 811 g/mol. The predicted octanol–water partition coefficient (Wildman–Crippen LogP) is 5.71. The molecule has 1 aliphatic heterocycles. The first kappa shape index (κ1) is 41.2. The first-order chi connectivity index (χ1) is 27.5. The monoisotopic (exact) mass is 854 g/mol. The Morgan fingerprint density at radius 2 is 1.88 bits per heavy atom. The van der Waals surface area contributed by atoms with Crippen LogP contribution in [-0.4, -0.2) is 90.7 Å². The number of benzene rings is 2. The van der Waals surface area contributed by atoms with E-state index < -0.39 is 73.9 Å². The van der Waals surface area contributed by atoms with Crippen LogP contribution < -0.4 is 29.6 Å². The number of nitrogens with one attached hydrogen (secondary N) is 3. The Bertz CT molecular complexity index is 2400. The quantitative estimate of drug-likeness (QED) is 0.132. The van der Waals surface area contributed by atoms with Gasteiger partial charge in [0.1, 0.15) is 41.0 Å². The van der Waals surface area contributed by atoms with Crippen molar-refractivity contribution in [2.45, 2.75) is 75.4 Å². The summed E-state index contributed by atoms with van der Waals surface area (Å²) in [6.07, 6.45) is 3.27. The lowest BCUT2D eigenvalue weighted by atomic mass is 9.85. The smallest absolute Gasteiger partial charge is 0.259 e. The molecule has 5 atom stereocenters.